The van der Waals surface area contributed by atoms with Crippen LogP contribution in [-0.4, -0.2) is 45.8 Å². The van der Waals surface area contributed by atoms with Crippen LogP contribution < -0.4 is 0 Å². The Hall–Kier alpha value is -2.60. The standard InChI is InChI=1S/C21H24ClN3O3/c1-15-8-6-7-13-24(15)19(26)14-28-20(27)12-11-18-16(2)23-25(21(18)22)17-9-4-3-5-10-17/h3-5,9-12,15H,6-8,13-14H2,1-2H3/b12-11+/t15-/m1/s1. The van der Waals surface area contributed by atoms with Crippen molar-refractivity contribution in [2.45, 2.75) is 39.2 Å². The molecule has 1 aromatic carbocycles. The summed E-state index contributed by atoms with van der Waals surface area (Å²) in [5.74, 6) is -0.735. The number of carbonyl (C=O) groups is 2. The van der Waals surface area contributed by atoms with Gasteiger partial charge in [0.25, 0.3) is 5.91 Å². The van der Waals surface area contributed by atoms with Crippen molar-refractivity contribution in [1.82, 2.24) is 14.7 Å². The van der Waals surface area contributed by atoms with Gasteiger partial charge in [-0.25, -0.2) is 9.48 Å². The zero-order valence-corrected chi connectivity index (χ0v) is 16.9. The van der Waals surface area contributed by atoms with Crippen molar-refractivity contribution in [3.8, 4) is 5.69 Å². The highest BCUT2D eigenvalue weighted by Gasteiger charge is 2.23. The van der Waals surface area contributed by atoms with Crippen molar-refractivity contribution >= 4 is 29.6 Å². The lowest BCUT2D eigenvalue weighted by atomic mass is 10.0. The number of ether oxygens (including phenoxy) is 1. The van der Waals surface area contributed by atoms with E-state index < -0.39 is 5.97 Å². The number of hydrogen-bond acceptors (Lipinski definition) is 4. The van der Waals surface area contributed by atoms with E-state index in [0.717, 1.165) is 31.5 Å². The SMILES string of the molecule is Cc1nn(-c2ccccc2)c(Cl)c1/C=C/C(=O)OCC(=O)N1CCCC[C@H]1C. The predicted molar refractivity (Wildman–Crippen MR) is 108 cm³/mol. The predicted octanol–water partition coefficient (Wildman–Crippen LogP) is 3.79. The van der Waals surface area contributed by atoms with E-state index in [1.54, 1.807) is 15.7 Å². The first-order valence-corrected chi connectivity index (χ1v) is 9.80. The number of likely N-dealkylation sites (tertiary alicyclic amines) is 1. The number of piperidine rings is 1. The highest BCUT2D eigenvalue weighted by atomic mass is 35.5. The molecule has 1 amide bonds. The minimum atomic E-state index is -0.582. The number of esters is 1. The second-order valence-corrected chi connectivity index (χ2v) is 7.27. The van der Waals surface area contributed by atoms with Gasteiger partial charge in [-0.05, 0) is 51.3 Å². The second kappa shape index (κ2) is 9.06. The van der Waals surface area contributed by atoms with Crippen LogP contribution in [0.15, 0.2) is 36.4 Å². The molecule has 7 heteroatoms. The first-order chi connectivity index (χ1) is 13.5. The average molecular weight is 402 g/mol. The molecule has 2 heterocycles. The van der Waals surface area contributed by atoms with E-state index in [1.165, 1.54) is 6.08 Å². The Morgan fingerprint density at radius 2 is 2.04 bits per heavy atom. The summed E-state index contributed by atoms with van der Waals surface area (Å²) in [7, 11) is 0. The van der Waals surface area contributed by atoms with Crippen molar-refractivity contribution < 1.29 is 14.3 Å². The molecule has 0 spiro atoms. The third-order valence-electron chi connectivity index (χ3n) is 4.90. The Labute approximate surface area is 169 Å². The fourth-order valence-electron chi connectivity index (χ4n) is 3.32. The minimum Gasteiger partial charge on any atom is -0.452 e. The van der Waals surface area contributed by atoms with Crippen LogP contribution in [0.3, 0.4) is 0 Å². The van der Waals surface area contributed by atoms with Crippen LogP contribution in [0.5, 0.6) is 0 Å². The number of halogens is 1. The van der Waals surface area contributed by atoms with Crippen LogP contribution in [0.25, 0.3) is 11.8 Å². The maximum absolute atomic E-state index is 12.2. The maximum Gasteiger partial charge on any atom is 0.331 e. The largest absolute Gasteiger partial charge is 0.452 e. The molecule has 1 saturated heterocycles. The molecule has 0 bridgehead atoms. The Balaban J connectivity index is 1.61. The van der Waals surface area contributed by atoms with E-state index in [4.69, 9.17) is 16.3 Å². The molecule has 0 saturated carbocycles. The quantitative estimate of drug-likeness (QED) is 0.564. The zero-order chi connectivity index (χ0) is 20.1. The lowest BCUT2D eigenvalue weighted by molar-refractivity contribution is -0.149. The molecule has 1 atom stereocenters. The third-order valence-corrected chi connectivity index (χ3v) is 5.26. The molecule has 1 aliphatic rings. The fraction of sp³-hybridized carbons (Fsp3) is 0.381. The number of carbonyl (C=O) groups excluding carboxylic acids is 2. The van der Waals surface area contributed by atoms with E-state index in [0.29, 0.717) is 16.4 Å². The lowest BCUT2D eigenvalue weighted by Gasteiger charge is -2.33. The Morgan fingerprint density at radius 1 is 1.29 bits per heavy atom. The summed E-state index contributed by atoms with van der Waals surface area (Å²) in [6, 6.07) is 9.70. The van der Waals surface area contributed by atoms with E-state index in [2.05, 4.69) is 5.10 Å². The van der Waals surface area contributed by atoms with Crippen molar-refractivity contribution in [3.05, 3.63) is 52.8 Å². The summed E-state index contributed by atoms with van der Waals surface area (Å²) >= 11 is 6.43. The monoisotopic (exact) mass is 401 g/mol. The number of para-hydroxylation sites is 1. The molecule has 1 fully saturated rings. The number of amides is 1. The van der Waals surface area contributed by atoms with Crippen LogP contribution in [0.4, 0.5) is 0 Å². The Bertz CT molecular complexity index is 877. The third kappa shape index (κ3) is 4.62. The molecular weight excluding hydrogens is 378 g/mol. The highest BCUT2D eigenvalue weighted by Crippen LogP contribution is 2.24. The van der Waals surface area contributed by atoms with Gasteiger partial charge in [-0.15, -0.1) is 0 Å². The van der Waals surface area contributed by atoms with Crippen molar-refractivity contribution in [3.63, 3.8) is 0 Å². The number of benzene rings is 1. The van der Waals surface area contributed by atoms with E-state index in [9.17, 15) is 9.59 Å². The van der Waals surface area contributed by atoms with Crippen LogP contribution >= 0.6 is 11.6 Å². The fourth-order valence-corrected chi connectivity index (χ4v) is 3.66. The second-order valence-electron chi connectivity index (χ2n) is 6.91. The molecule has 0 radical (unpaired) electrons. The van der Waals surface area contributed by atoms with Crippen molar-refractivity contribution in [1.29, 1.82) is 0 Å². The molecule has 1 aromatic heterocycles. The normalized spacial score (nSPS) is 17.1. The number of hydrogen-bond donors (Lipinski definition) is 0. The van der Waals surface area contributed by atoms with Crippen LogP contribution in [0.1, 0.15) is 37.4 Å². The van der Waals surface area contributed by atoms with Gasteiger partial charge in [0, 0.05) is 24.2 Å². The molecule has 28 heavy (non-hydrogen) atoms. The Morgan fingerprint density at radius 3 is 2.75 bits per heavy atom. The van der Waals surface area contributed by atoms with Crippen LogP contribution in [0, 0.1) is 6.92 Å². The lowest BCUT2D eigenvalue weighted by Crippen LogP contribution is -2.44. The molecule has 6 nitrogen and oxygen atoms in total. The number of aryl methyl sites for hydroxylation is 1. The van der Waals surface area contributed by atoms with E-state index in [-0.39, 0.29) is 18.6 Å². The van der Waals surface area contributed by atoms with Gasteiger partial charge in [-0.3, -0.25) is 4.79 Å². The highest BCUT2D eigenvalue weighted by molar-refractivity contribution is 6.31. The average Bonchev–Trinajstić information content (AvgIpc) is 2.99. The topological polar surface area (TPSA) is 64.4 Å². The molecule has 1 aliphatic heterocycles. The molecule has 0 N–H and O–H groups in total. The van der Waals surface area contributed by atoms with Crippen molar-refractivity contribution in [2.75, 3.05) is 13.2 Å². The molecule has 148 valence electrons. The first kappa shape index (κ1) is 20.1. The number of rotatable bonds is 5. The van der Waals surface area contributed by atoms with Gasteiger partial charge in [0.1, 0.15) is 5.15 Å². The smallest absolute Gasteiger partial charge is 0.331 e. The maximum atomic E-state index is 12.2. The summed E-state index contributed by atoms with van der Waals surface area (Å²) < 4.78 is 6.73. The van der Waals surface area contributed by atoms with Crippen LogP contribution in [0.2, 0.25) is 5.15 Å². The molecular formula is C21H24ClN3O3. The summed E-state index contributed by atoms with van der Waals surface area (Å²) in [5.41, 5.74) is 2.16. The molecule has 2 aromatic rings. The first-order valence-electron chi connectivity index (χ1n) is 9.42. The molecule has 3 rings (SSSR count). The van der Waals surface area contributed by atoms with Crippen LogP contribution in [-0.2, 0) is 14.3 Å². The number of nitrogens with zero attached hydrogens (tertiary/aromatic N) is 3. The summed E-state index contributed by atoms with van der Waals surface area (Å²) in [6.45, 7) is 4.32. The summed E-state index contributed by atoms with van der Waals surface area (Å²) in [5, 5.41) is 4.83. The molecule has 0 aliphatic carbocycles. The summed E-state index contributed by atoms with van der Waals surface area (Å²) in [4.78, 5) is 26.1. The van der Waals surface area contributed by atoms with Gasteiger partial charge in [-0.2, -0.15) is 5.10 Å². The number of aromatic nitrogens is 2. The van der Waals surface area contributed by atoms with Gasteiger partial charge in [0.2, 0.25) is 0 Å². The Kier molecular flexibility index (Phi) is 6.52. The minimum absolute atomic E-state index is 0.153. The summed E-state index contributed by atoms with van der Waals surface area (Å²) in [6.07, 6.45) is 5.96. The zero-order valence-electron chi connectivity index (χ0n) is 16.1. The molecule has 0 unspecified atom stereocenters. The van der Waals surface area contributed by atoms with E-state index in [1.807, 2.05) is 44.2 Å². The van der Waals surface area contributed by atoms with Gasteiger partial charge in [-0.1, -0.05) is 29.8 Å². The van der Waals surface area contributed by atoms with Gasteiger partial charge in [0.05, 0.1) is 11.4 Å². The van der Waals surface area contributed by atoms with E-state index >= 15 is 0 Å². The van der Waals surface area contributed by atoms with Crippen molar-refractivity contribution in [2.24, 2.45) is 0 Å². The van der Waals surface area contributed by atoms with Gasteiger partial charge in [0.15, 0.2) is 6.61 Å². The van der Waals surface area contributed by atoms with Gasteiger partial charge < -0.3 is 9.64 Å². The van der Waals surface area contributed by atoms with Gasteiger partial charge >= 0.3 is 5.97 Å².